The highest BCUT2D eigenvalue weighted by Gasteiger charge is 2.25. The van der Waals surface area contributed by atoms with Crippen LogP contribution in [0.2, 0.25) is 0 Å². The number of carbonyl (C=O) groups excluding carboxylic acids is 9. The number of alkyl carbamates (subject to hydrolysis) is 2. The SMILES string of the molecule is CN(C(=O)COc1ccccc1)c1ccc(C(=O)O)cc1.COC(=O)C(CCC(=O)NCCCOCCOCCOCCCNC(=O)OC(C)(C)C)NC(=O)c1ccc(N(C)C(=O)OCc2ccccc2)cc1.COC(=O)C(N)CCC(=O)NCCCOCCOCCOCCCNC(=O)OC(C)(C)C. The van der Waals surface area contributed by atoms with Crippen molar-refractivity contribution in [2.45, 2.75) is 123 Å². The van der Waals surface area contributed by atoms with Crippen molar-refractivity contribution in [2.24, 2.45) is 5.73 Å². The van der Waals surface area contributed by atoms with Crippen molar-refractivity contribution >= 4 is 71.2 Å². The molecule has 31 heteroatoms. The molecule has 0 saturated carbocycles. The van der Waals surface area contributed by atoms with Gasteiger partial charge in [0.15, 0.2) is 6.61 Å². The number of nitrogens with two attached hydrogens (primary N) is 1. The van der Waals surface area contributed by atoms with Crippen LogP contribution >= 0.6 is 0 Å². The number of amides is 7. The van der Waals surface area contributed by atoms with Crippen LogP contribution in [0, 0.1) is 0 Å². The van der Waals surface area contributed by atoms with Gasteiger partial charge in [-0.15, -0.1) is 0 Å². The summed E-state index contributed by atoms with van der Waals surface area (Å²) < 4.78 is 63.0. The van der Waals surface area contributed by atoms with Gasteiger partial charge in [0.05, 0.1) is 72.6 Å². The number of likely N-dealkylation sites (N-methyl/N-ethyl adjacent to an activating group) is 1. The van der Waals surface area contributed by atoms with E-state index >= 15 is 0 Å². The summed E-state index contributed by atoms with van der Waals surface area (Å²) in [6.45, 7) is 18.2. The largest absolute Gasteiger partial charge is 0.484 e. The Bertz CT molecular complexity index is 3140. The zero-order chi connectivity index (χ0) is 77.7. The van der Waals surface area contributed by atoms with Crippen LogP contribution in [0.1, 0.15) is 119 Å². The molecule has 0 fully saturated rings. The molecule has 4 rings (SSSR count). The van der Waals surface area contributed by atoms with Crippen LogP contribution in [0.3, 0.4) is 0 Å². The average Bonchev–Trinajstić information content (AvgIpc) is 0.860. The smallest absolute Gasteiger partial charge is 0.414 e. The first-order chi connectivity index (χ1) is 50.1. The molecule has 0 bridgehead atoms. The van der Waals surface area contributed by atoms with Crippen molar-refractivity contribution < 1.29 is 110 Å². The Kier molecular flexibility index (Phi) is 47.2. The van der Waals surface area contributed by atoms with Gasteiger partial charge < -0.3 is 99.2 Å². The van der Waals surface area contributed by atoms with E-state index in [1.165, 1.54) is 48.3 Å². The molecule has 4 aromatic rings. The van der Waals surface area contributed by atoms with Crippen LogP contribution in [0.25, 0.3) is 0 Å². The highest BCUT2D eigenvalue weighted by atomic mass is 16.6. The van der Waals surface area contributed by atoms with Crippen molar-refractivity contribution in [1.82, 2.24) is 26.6 Å². The molecule has 0 spiro atoms. The second-order valence-corrected chi connectivity index (χ2v) is 25.0. The standard InChI is InChI=1S/C37H54N4O11.C21H41N3O8.C16H15NO4/c1-37(2,3)52-35(45)39-20-10-22-49-24-26-50-25-23-48-21-9-19-38-32(42)18-17-31(34(44)47-5)40-33(43)29-13-15-30(16-14-29)41(4)36(46)51-27-28-11-7-6-8-12-28;1-21(2,3)32-20(27)24-10-6-12-30-14-16-31-15-13-29-11-5-9-23-18(25)8-7-17(22)19(26)28-4;1-17(13-9-7-12(8-10-13)16(19)20)15(18)11-21-14-5-3-2-4-6-14/h6-8,11-16,31H,9-10,17-27H2,1-5H3,(H,38,42)(H,39,45)(H,40,43);17H,5-16,22H2,1-4H3,(H,23,25)(H,24,27);2-10H,11H2,1H3,(H,19,20). The first kappa shape index (κ1) is 91.6. The summed E-state index contributed by atoms with van der Waals surface area (Å²) in [5, 5.41) is 22.3. The number of methoxy groups -OCH3 is 2. The van der Waals surface area contributed by atoms with E-state index in [2.05, 4.69) is 31.3 Å². The van der Waals surface area contributed by atoms with Crippen molar-refractivity contribution in [3.05, 3.63) is 126 Å². The molecule has 584 valence electrons. The van der Waals surface area contributed by atoms with E-state index in [9.17, 15) is 47.9 Å². The Morgan fingerprint density at radius 1 is 0.476 bits per heavy atom. The summed E-state index contributed by atoms with van der Waals surface area (Å²) in [5.41, 5.74) is 6.96. The number of hydrogen-bond donors (Lipinski definition) is 7. The average molecular weight is 1480 g/mol. The monoisotopic (exact) mass is 1480 g/mol. The third-order valence-corrected chi connectivity index (χ3v) is 13.9. The molecular formula is C74H110N8O23. The van der Waals surface area contributed by atoms with Crippen LogP contribution in [0.15, 0.2) is 109 Å². The summed E-state index contributed by atoms with van der Waals surface area (Å²) in [5.74, 6) is -2.76. The fourth-order valence-corrected chi connectivity index (χ4v) is 8.37. The van der Waals surface area contributed by atoms with E-state index in [1.807, 2.05) is 90.1 Å². The van der Waals surface area contributed by atoms with Gasteiger partial charge in [0, 0.05) is 96.5 Å². The number of hydrogen-bond acceptors (Lipinski definition) is 23. The summed E-state index contributed by atoms with van der Waals surface area (Å²) >= 11 is 0. The number of benzene rings is 4. The molecule has 0 radical (unpaired) electrons. The Labute approximate surface area is 615 Å². The van der Waals surface area contributed by atoms with Gasteiger partial charge in [-0.3, -0.25) is 28.9 Å². The highest BCUT2D eigenvalue weighted by molar-refractivity contribution is 5.98. The van der Waals surface area contributed by atoms with Crippen molar-refractivity contribution in [3.8, 4) is 5.75 Å². The zero-order valence-electron chi connectivity index (χ0n) is 62.3. The predicted molar refractivity (Wildman–Crippen MR) is 390 cm³/mol. The Balaban J connectivity index is 0.000000596. The van der Waals surface area contributed by atoms with Gasteiger partial charge in [-0.1, -0.05) is 48.5 Å². The number of nitrogens with one attached hydrogen (secondary N) is 5. The number of aromatic carboxylic acids is 1. The normalized spacial score (nSPS) is 11.4. The lowest BCUT2D eigenvalue weighted by atomic mass is 10.1. The highest BCUT2D eigenvalue weighted by Crippen LogP contribution is 2.18. The molecule has 0 aliphatic rings. The van der Waals surface area contributed by atoms with E-state index in [-0.39, 0.29) is 67.7 Å². The molecule has 2 atom stereocenters. The zero-order valence-corrected chi connectivity index (χ0v) is 62.3. The van der Waals surface area contributed by atoms with Gasteiger partial charge in [0.25, 0.3) is 11.8 Å². The molecule has 8 N–H and O–H groups in total. The molecule has 2 unspecified atom stereocenters. The molecule has 0 aliphatic heterocycles. The molecule has 31 nitrogen and oxygen atoms in total. The minimum atomic E-state index is -1.03. The van der Waals surface area contributed by atoms with E-state index in [4.69, 9.17) is 62.9 Å². The fourth-order valence-electron chi connectivity index (χ4n) is 8.37. The lowest BCUT2D eigenvalue weighted by Crippen LogP contribution is -2.42. The number of carboxylic acids is 1. The van der Waals surface area contributed by atoms with Gasteiger partial charge in [-0.25, -0.2) is 24.0 Å². The summed E-state index contributed by atoms with van der Waals surface area (Å²) in [6.07, 6.45) is 1.64. The number of esters is 2. The van der Waals surface area contributed by atoms with Gasteiger partial charge in [-0.05, 0) is 146 Å². The van der Waals surface area contributed by atoms with E-state index in [0.29, 0.717) is 148 Å². The number of para-hydroxylation sites is 1. The minimum absolute atomic E-state index is 0.00804. The van der Waals surface area contributed by atoms with Crippen molar-refractivity contribution in [3.63, 3.8) is 0 Å². The minimum Gasteiger partial charge on any atom is -0.484 e. The first-order valence-corrected chi connectivity index (χ1v) is 34.6. The molecule has 0 saturated heterocycles. The third kappa shape index (κ3) is 46.1. The Morgan fingerprint density at radius 2 is 0.867 bits per heavy atom. The maximum atomic E-state index is 12.9. The number of anilines is 2. The molecule has 0 heterocycles. The third-order valence-electron chi connectivity index (χ3n) is 13.9. The van der Waals surface area contributed by atoms with Crippen molar-refractivity contribution in [2.75, 3.05) is 150 Å². The van der Waals surface area contributed by atoms with Gasteiger partial charge in [0.2, 0.25) is 11.8 Å². The van der Waals surface area contributed by atoms with Crippen LogP contribution in [0.4, 0.5) is 25.8 Å². The second-order valence-electron chi connectivity index (χ2n) is 25.0. The molecule has 0 aliphatic carbocycles. The summed E-state index contributed by atoms with van der Waals surface area (Å²) in [7, 11) is 5.65. The fraction of sp³-hybridized carbons (Fsp3) is 0.541. The number of ether oxygens (including phenoxy) is 12. The second kappa shape index (κ2) is 54.2. The first-order valence-electron chi connectivity index (χ1n) is 34.6. The van der Waals surface area contributed by atoms with Crippen LogP contribution < -0.4 is 46.9 Å². The maximum Gasteiger partial charge on any atom is 0.414 e. The number of rotatable bonds is 46. The summed E-state index contributed by atoms with van der Waals surface area (Å²) in [4.78, 5) is 121. The van der Waals surface area contributed by atoms with Gasteiger partial charge in [0.1, 0.15) is 35.6 Å². The molecule has 105 heavy (non-hydrogen) atoms. The van der Waals surface area contributed by atoms with E-state index in [1.54, 1.807) is 50.5 Å². The quantitative estimate of drug-likeness (QED) is 0.0131. The molecule has 0 aromatic heterocycles. The van der Waals surface area contributed by atoms with Crippen molar-refractivity contribution in [1.29, 1.82) is 0 Å². The molecular weight excluding hydrogens is 1370 g/mol. The van der Waals surface area contributed by atoms with Gasteiger partial charge in [-0.2, -0.15) is 0 Å². The lowest BCUT2D eigenvalue weighted by Gasteiger charge is -2.19. The molecule has 7 amide bonds. The van der Waals surface area contributed by atoms with Gasteiger partial charge >= 0.3 is 36.2 Å². The van der Waals surface area contributed by atoms with E-state index in [0.717, 1.165) is 5.56 Å². The summed E-state index contributed by atoms with van der Waals surface area (Å²) in [6, 6.07) is 28.9. The number of carboxylic acid groups (broad SMARTS) is 1. The van der Waals surface area contributed by atoms with Crippen LogP contribution in [0.5, 0.6) is 5.75 Å². The van der Waals surface area contributed by atoms with E-state index < -0.39 is 65.4 Å². The molecule has 4 aromatic carbocycles. The van der Waals surface area contributed by atoms with Crippen LogP contribution in [-0.4, -0.2) is 229 Å². The number of nitrogens with zero attached hydrogens (tertiary/aromatic N) is 2. The van der Waals surface area contributed by atoms with Crippen LogP contribution in [-0.2, 0) is 82.7 Å². The number of carbonyl (C=O) groups is 10. The Morgan fingerprint density at radius 3 is 1.29 bits per heavy atom. The lowest BCUT2D eigenvalue weighted by molar-refractivity contribution is -0.143. The topological polar surface area (TPSA) is 394 Å². The Hall–Kier alpha value is -9.50. The predicted octanol–water partition coefficient (Wildman–Crippen LogP) is 7.15. The maximum absolute atomic E-state index is 12.9.